The molecule has 0 unspecified atom stereocenters. The summed E-state index contributed by atoms with van der Waals surface area (Å²) < 4.78 is 19.0. The predicted octanol–water partition coefficient (Wildman–Crippen LogP) is 2.08. The Morgan fingerprint density at radius 3 is 2.70 bits per heavy atom. The van der Waals surface area contributed by atoms with Crippen molar-refractivity contribution >= 4 is 11.7 Å². The second-order valence-corrected chi connectivity index (χ2v) is 4.52. The molecule has 0 aliphatic carbocycles. The van der Waals surface area contributed by atoms with E-state index in [9.17, 15) is 9.18 Å². The Morgan fingerprint density at radius 1 is 1.50 bits per heavy atom. The van der Waals surface area contributed by atoms with Crippen molar-refractivity contribution in [2.24, 2.45) is 0 Å². The normalized spacial score (nSPS) is 10.8. The predicted molar refractivity (Wildman–Crippen MR) is 75.9 cm³/mol. The molecule has 0 saturated heterocycles. The van der Waals surface area contributed by atoms with E-state index < -0.39 is 5.82 Å². The average molecular weight is 283 g/mol. The van der Waals surface area contributed by atoms with Gasteiger partial charge in [0.15, 0.2) is 11.6 Å². The van der Waals surface area contributed by atoms with Crippen LogP contribution < -0.4 is 5.73 Å². The lowest BCUT2D eigenvalue weighted by Crippen LogP contribution is -2.42. The Hall–Kier alpha value is -1.69. The van der Waals surface area contributed by atoms with Gasteiger partial charge in [-0.05, 0) is 18.9 Å². The van der Waals surface area contributed by atoms with Gasteiger partial charge >= 0.3 is 0 Å². The highest BCUT2D eigenvalue weighted by molar-refractivity contribution is 5.95. The molecule has 0 aromatic carbocycles. The van der Waals surface area contributed by atoms with Crippen molar-refractivity contribution in [2.75, 3.05) is 26.0 Å². The number of methoxy groups -OCH3 is 1. The summed E-state index contributed by atoms with van der Waals surface area (Å²) in [6.45, 7) is 4.82. The maximum absolute atomic E-state index is 13.9. The van der Waals surface area contributed by atoms with Gasteiger partial charge in [-0.2, -0.15) is 0 Å². The van der Waals surface area contributed by atoms with Crippen molar-refractivity contribution < 1.29 is 13.9 Å². The highest BCUT2D eigenvalue weighted by atomic mass is 19.1. The van der Waals surface area contributed by atoms with Gasteiger partial charge in [0.05, 0.1) is 12.2 Å². The molecular weight excluding hydrogens is 261 g/mol. The molecule has 0 fully saturated rings. The van der Waals surface area contributed by atoms with Gasteiger partial charge in [-0.25, -0.2) is 9.37 Å². The molecule has 6 heteroatoms. The van der Waals surface area contributed by atoms with Gasteiger partial charge in [-0.1, -0.05) is 13.8 Å². The number of halogens is 1. The van der Waals surface area contributed by atoms with E-state index in [0.29, 0.717) is 13.2 Å². The third-order valence-electron chi connectivity index (χ3n) is 3.33. The lowest BCUT2D eigenvalue weighted by molar-refractivity contribution is 0.0585. The van der Waals surface area contributed by atoms with Crippen LogP contribution in [0.15, 0.2) is 12.3 Å². The number of nitrogens with two attached hydrogens (primary N) is 1. The van der Waals surface area contributed by atoms with Crippen LogP contribution in [0.25, 0.3) is 0 Å². The molecule has 0 bridgehead atoms. The molecule has 0 saturated carbocycles. The molecule has 1 heterocycles. The lowest BCUT2D eigenvalue weighted by Gasteiger charge is -2.30. The number of ether oxygens (including phenoxy) is 1. The number of pyridine rings is 1. The maximum atomic E-state index is 13.9. The fourth-order valence-electron chi connectivity index (χ4n) is 2.15. The molecule has 2 N–H and O–H groups in total. The second kappa shape index (κ2) is 7.79. The summed E-state index contributed by atoms with van der Waals surface area (Å²) in [5, 5.41) is 0. The molecule has 20 heavy (non-hydrogen) atoms. The quantitative estimate of drug-likeness (QED) is 0.832. The zero-order valence-corrected chi connectivity index (χ0v) is 12.2. The number of hydrogen-bond donors (Lipinski definition) is 1. The van der Waals surface area contributed by atoms with Crippen LogP contribution in [-0.4, -0.2) is 42.1 Å². The first-order valence-corrected chi connectivity index (χ1v) is 6.76. The van der Waals surface area contributed by atoms with Gasteiger partial charge in [-0.15, -0.1) is 0 Å². The number of amides is 1. The minimum Gasteiger partial charge on any atom is -0.383 e. The van der Waals surface area contributed by atoms with Crippen LogP contribution in [0.2, 0.25) is 0 Å². The third kappa shape index (κ3) is 3.66. The smallest absolute Gasteiger partial charge is 0.257 e. The second-order valence-electron chi connectivity index (χ2n) is 4.52. The van der Waals surface area contributed by atoms with Gasteiger partial charge in [-0.3, -0.25) is 4.79 Å². The van der Waals surface area contributed by atoms with Gasteiger partial charge in [0.2, 0.25) is 0 Å². The summed E-state index contributed by atoms with van der Waals surface area (Å²) in [6, 6.07) is 1.40. The van der Waals surface area contributed by atoms with Crippen LogP contribution in [0.3, 0.4) is 0 Å². The number of nitrogen functional groups attached to an aromatic ring is 1. The molecule has 1 rings (SSSR count). The monoisotopic (exact) mass is 283 g/mol. The molecule has 0 spiro atoms. The average Bonchev–Trinajstić information content (AvgIpc) is 2.45. The van der Waals surface area contributed by atoms with Crippen LogP contribution in [0.4, 0.5) is 10.2 Å². The summed E-state index contributed by atoms with van der Waals surface area (Å²) in [6.07, 6.45) is 2.94. The number of carbonyl (C=O) groups excluding carboxylic acids is 1. The minimum atomic E-state index is -0.758. The van der Waals surface area contributed by atoms with E-state index in [-0.39, 0.29) is 23.3 Å². The third-order valence-corrected chi connectivity index (χ3v) is 3.33. The van der Waals surface area contributed by atoms with Gasteiger partial charge < -0.3 is 15.4 Å². The van der Waals surface area contributed by atoms with E-state index in [4.69, 9.17) is 10.5 Å². The highest BCUT2D eigenvalue weighted by Crippen LogP contribution is 2.18. The number of carbonyl (C=O) groups is 1. The lowest BCUT2D eigenvalue weighted by atomic mass is 10.1. The molecule has 5 nitrogen and oxygen atoms in total. The van der Waals surface area contributed by atoms with Gasteiger partial charge in [0, 0.05) is 25.9 Å². The Morgan fingerprint density at radius 2 is 2.15 bits per heavy atom. The topological polar surface area (TPSA) is 68.5 Å². The van der Waals surface area contributed by atoms with E-state index in [2.05, 4.69) is 4.98 Å². The summed E-state index contributed by atoms with van der Waals surface area (Å²) >= 11 is 0. The van der Waals surface area contributed by atoms with Crippen molar-refractivity contribution in [1.82, 2.24) is 9.88 Å². The van der Waals surface area contributed by atoms with Crippen LogP contribution >= 0.6 is 0 Å². The van der Waals surface area contributed by atoms with Gasteiger partial charge in [0.1, 0.15) is 0 Å². The number of anilines is 1. The fraction of sp³-hybridized carbons (Fsp3) is 0.571. The number of aromatic nitrogens is 1. The Balaban J connectivity index is 3.05. The summed E-state index contributed by atoms with van der Waals surface area (Å²) in [5.74, 6) is -1.39. The van der Waals surface area contributed by atoms with E-state index in [1.54, 1.807) is 12.0 Å². The Bertz CT molecular complexity index is 450. The molecular formula is C14H22FN3O2. The first-order valence-electron chi connectivity index (χ1n) is 6.76. The minimum absolute atomic E-state index is 0.0412. The van der Waals surface area contributed by atoms with Crippen molar-refractivity contribution in [3.63, 3.8) is 0 Å². The number of nitrogens with zero attached hydrogens (tertiary/aromatic N) is 2. The maximum Gasteiger partial charge on any atom is 0.257 e. The molecule has 0 aliphatic rings. The molecule has 112 valence electrons. The van der Waals surface area contributed by atoms with Crippen LogP contribution in [0.5, 0.6) is 0 Å². The molecule has 1 aromatic heterocycles. The van der Waals surface area contributed by atoms with Crippen LogP contribution in [0.1, 0.15) is 37.0 Å². The zero-order valence-electron chi connectivity index (χ0n) is 12.2. The first kappa shape index (κ1) is 16.4. The van der Waals surface area contributed by atoms with Crippen LogP contribution in [-0.2, 0) is 4.74 Å². The van der Waals surface area contributed by atoms with E-state index in [1.165, 1.54) is 12.3 Å². The van der Waals surface area contributed by atoms with Crippen LogP contribution in [0, 0.1) is 5.82 Å². The van der Waals surface area contributed by atoms with Crippen molar-refractivity contribution in [2.45, 2.75) is 32.7 Å². The molecule has 0 atom stereocenters. The van der Waals surface area contributed by atoms with E-state index in [1.807, 2.05) is 13.8 Å². The van der Waals surface area contributed by atoms with Crippen molar-refractivity contribution in [3.05, 3.63) is 23.6 Å². The summed E-state index contributed by atoms with van der Waals surface area (Å²) in [4.78, 5) is 17.8. The number of hydrogen-bond acceptors (Lipinski definition) is 4. The largest absolute Gasteiger partial charge is 0.383 e. The first-order chi connectivity index (χ1) is 9.56. The fourth-order valence-corrected chi connectivity index (χ4v) is 2.15. The SMILES string of the molecule is CCC(CC)N(CCOC)C(=O)c1ccnc(N)c1F. The van der Waals surface area contributed by atoms with Gasteiger partial charge in [0.25, 0.3) is 5.91 Å². The zero-order chi connectivity index (χ0) is 15.1. The molecule has 1 amide bonds. The summed E-state index contributed by atoms with van der Waals surface area (Å²) in [5.41, 5.74) is 5.38. The van der Waals surface area contributed by atoms with E-state index in [0.717, 1.165) is 12.8 Å². The Kier molecular flexibility index (Phi) is 6.38. The molecule has 1 aromatic rings. The van der Waals surface area contributed by atoms with Crippen molar-refractivity contribution in [1.29, 1.82) is 0 Å². The highest BCUT2D eigenvalue weighted by Gasteiger charge is 2.25. The molecule has 0 aliphatic heterocycles. The Labute approximate surface area is 118 Å². The standard InChI is InChI=1S/C14H22FN3O2/c1-4-10(5-2)18(8-9-20-3)14(19)11-6-7-17-13(16)12(11)15/h6-7,10H,4-5,8-9H2,1-3H3,(H2,16,17). The number of rotatable bonds is 7. The van der Waals surface area contributed by atoms with E-state index >= 15 is 0 Å². The van der Waals surface area contributed by atoms with Crippen molar-refractivity contribution in [3.8, 4) is 0 Å². The molecule has 0 radical (unpaired) electrons. The summed E-state index contributed by atoms with van der Waals surface area (Å²) in [7, 11) is 1.57.